The molecule has 118 valence electrons. The molecule has 3 heteroatoms. The molecule has 2 aromatic carbocycles. The number of carbonyl (C=O) groups excluding carboxylic acids is 1. The number of esters is 1. The molecule has 0 atom stereocenters. The Labute approximate surface area is 137 Å². The van der Waals surface area contributed by atoms with Crippen LogP contribution in [0.2, 0.25) is 0 Å². The zero-order valence-corrected chi connectivity index (χ0v) is 13.5. The fourth-order valence-electron chi connectivity index (χ4n) is 2.05. The molecule has 0 heterocycles. The van der Waals surface area contributed by atoms with Crippen molar-refractivity contribution >= 4 is 5.97 Å². The molecule has 0 bridgehead atoms. The van der Waals surface area contributed by atoms with Crippen LogP contribution in [0.4, 0.5) is 0 Å². The van der Waals surface area contributed by atoms with Crippen LogP contribution in [0.1, 0.15) is 34.8 Å². The molecule has 0 aliphatic carbocycles. The van der Waals surface area contributed by atoms with E-state index >= 15 is 0 Å². The Balaban J connectivity index is 1.84. The van der Waals surface area contributed by atoms with E-state index in [9.17, 15) is 4.79 Å². The molecule has 23 heavy (non-hydrogen) atoms. The van der Waals surface area contributed by atoms with Crippen molar-refractivity contribution in [3.8, 4) is 17.6 Å². The van der Waals surface area contributed by atoms with E-state index in [0.29, 0.717) is 18.6 Å². The van der Waals surface area contributed by atoms with Gasteiger partial charge in [-0.3, -0.25) is 0 Å². The van der Waals surface area contributed by atoms with Crippen LogP contribution in [0.5, 0.6) is 5.75 Å². The van der Waals surface area contributed by atoms with Crippen LogP contribution in [0.3, 0.4) is 0 Å². The molecule has 0 unspecified atom stereocenters. The summed E-state index contributed by atoms with van der Waals surface area (Å²) in [5, 5.41) is 0. The molecular weight excluding hydrogens is 288 g/mol. The summed E-state index contributed by atoms with van der Waals surface area (Å²) >= 11 is 0. The zero-order valence-electron chi connectivity index (χ0n) is 13.5. The number of methoxy groups -OCH3 is 1. The molecule has 0 saturated carbocycles. The lowest BCUT2D eigenvalue weighted by atomic mass is 10.1. The van der Waals surface area contributed by atoms with Crippen molar-refractivity contribution in [1.82, 2.24) is 0 Å². The third-order valence-electron chi connectivity index (χ3n) is 3.34. The Morgan fingerprint density at radius 2 is 1.91 bits per heavy atom. The highest BCUT2D eigenvalue weighted by atomic mass is 16.5. The summed E-state index contributed by atoms with van der Waals surface area (Å²) in [6.07, 6.45) is 1.65. The Hall–Kier alpha value is -2.73. The normalized spacial score (nSPS) is 9.65. The van der Waals surface area contributed by atoms with Crippen molar-refractivity contribution < 1.29 is 14.3 Å². The minimum Gasteiger partial charge on any atom is -0.493 e. The average molecular weight is 308 g/mol. The molecule has 2 rings (SSSR count). The van der Waals surface area contributed by atoms with E-state index in [1.807, 2.05) is 18.2 Å². The minimum absolute atomic E-state index is 0.354. The molecule has 0 aromatic heterocycles. The minimum atomic E-state index is -0.354. The van der Waals surface area contributed by atoms with Gasteiger partial charge in [-0.2, -0.15) is 0 Å². The second kappa shape index (κ2) is 8.65. The summed E-state index contributed by atoms with van der Waals surface area (Å²) in [6.45, 7) is 2.66. The van der Waals surface area contributed by atoms with Gasteiger partial charge in [0.15, 0.2) is 0 Å². The first-order valence-corrected chi connectivity index (χ1v) is 7.62. The largest absolute Gasteiger partial charge is 0.493 e. The second-order valence-electron chi connectivity index (χ2n) is 4.97. The smallest absolute Gasteiger partial charge is 0.337 e. The number of hydrogen-bond donors (Lipinski definition) is 0. The third-order valence-corrected chi connectivity index (χ3v) is 3.34. The summed E-state index contributed by atoms with van der Waals surface area (Å²) in [4.78, 5) is 11.5. The molecule has 0 spiro atoms. The fraction of sp³-hybridized carbons (Fsp3) is 0.250. The van der Waals surface area contributed by atoms with Gasteiger partial charge in [0.2, 0.25) is 0 Å². The predicted molar refractivity (Wildman–Crippen MR) is 90.6 cm³/mol. The van der Waals surface area contributed by atoms with Crippen molar-refractivity contribution in [2.75, 3.05) is 13.7 Å². The number of carbonyl (C=O) groups is 1. The molecular formula is C20H20O3. The van der Waals surface area contributed by atoms with Gasteiger partial charge < -0.3 is 9.47 Å². The Morgan fingerprint density at radius 3 is 2.61 bits per heavy atom. The average Bonchev–Trinajstić information content (AvgIpc) is 2.61. The van der Waals surface area contributed by atoms with Gasteiger partial charge in [0.05, 0.1) is 19.3 Å². The number of rotatable bonds is 5. The molecule has 0 saturated heterocycles. The Morgan fingerprint density at radius 1 is 1.13 bits per heavy atom. The molecule has 0 fully saturated rings. The van der Waals surface area contributed by atoms with E-state index in [2.05, 4.69) is 30.9 Å². The number of aryl methyl sites for hydroxylation is 1. The first-order chi connectivity index (χ1) is 11.2. The summed E-state index contributed by atoms with van der Waals surface area (Å²) in [5.74, 6) is 6.59. The number of hydrogen-bond acceptors (Lipinski definition) is 3. The summed E-state index contributed by atoms with van der Waals surface area (Å²) in [6, 6.07) is 15.2. The predicted octanol–water partition coefficient (Wildman–Crippen LogP) is 3.86. The van der Waals surface area contributed by atoms with Crippen LogP contribution in [-0.2, 0) is 11.2 Å². The molecule has 0 radical (unpaired) electrons. The maximum absolute atomic E-state index is 11.5. The van der Waals surface area contributed by atoms with Crippen molar-refractivity contribution in [2.45, 2.75) is 19.8 Å². The molecule has 0 N–H and O–H groups in total. The Kier molecular flexibility index (Phi) is 6.26. The van der Waals surface area contributed by atoms with Crippen LogP contribution in [0.25, 0.3) is 0 Å². The molecule has 3 nitrogen and oxygen atoms in total. The van der Waals surface area contributed by atoms with Gasteiger partial charge in [-0.1, -0.05) is 37.0 Å². The van der Waals surface area contributed by atoms with Crippen molar-refractivity contribution in [1.29, 1.82) is 0 Å². The van der Waals surface area contributed by atoms with E-state index in [-0.39, 0.29) is 5.97 Å². The zero-order chi connectivity index (χ0) is 16.5. The van der Waals surface area contributed by atoms with Gasteiger partial charge in [0.25, 0.3) is 0 Å². The topological polar surface area (TPSA) is 35.5 Å². The Bertz CT molecular complexity index is 706. The van der Waals surface area contributed by atoms with E-state index in [0.717, 1.165) is 17.7 Å². The lowest BCUT2D eigenvalue weighted by Gasteiger charge is -2.04. The van der Waals surface area contributed by atoms with Crippen LogP contribution in [0.15, 0.2) is 48.5 Å². The molecule has 2 aromatic rings. The second-order valence-corrected chi connectivity index (χ2v) is 4.97. The lowest BCUT2D eigenvalue weighted by molar-refractivity contribution is 0.0600. The van der Waals surface area contributed by atoms with E-state index in [1.165, 1.54) is 12.7 Å². The maximum atomic E-state index is 11.5. The monoisotopic (exact) mass is 308 g/mol. The van der Waals surface area contributed by atoms with Crippen LogP contribution in [-0.4, -0.2) is 19.7 Å². The first kappa shape index (κ1) is 16.6. The van der Waals surface area contributed by atoms with Crippen LogP contribution in [0, 0.1) is 11.8 Å². The summed E-state index contributed by atoms with van der Waals surface area (Å²) < 4.78 is 10.3. The van der Waals surface area contributed by atoms with E-state index in [1.54, 1.807) is 18.2 Å². The first-order valence-electron chi connectivity index (χ1n) is 7.62. The van der Waals surface area contributed by atoms with Crippen LogP contribution < -0.4 is 4.74 Å². The highest BCUT2D eigenvalue weighted by molar-refractivity contribution is 5.89. The molecule has 0 aliphatic rings. The van der Waals surface area contributed by atoms with E-state index in [4.69, 9.17) is 9.47 Å². The third kappa shape index (κ3) is 5.19. The maximum Gasteiger partial charge on any atom is 0.337 e. The molecule has 0 amide bonds. The summed E-state index contributed by atoms with van der Waals surface area (Å²) in [7, 11) is 1.37. The number of benzene rings is 2. The highest BCUT2D eigenvalue weighted by Crippen LogP contribution is 2.12. The van der Waals surface area contributed by atoms with E-state index < -0.39 is 0 Å². The molecule has 0 aliphatic heterocycles. The summed E-state index contributed by atoms with van der Waals surface area (Å²) in [5.41, 5.74) is 2.59. The standard InChI is InChI=1S/C20H20O3/c1-3-16-10-12-19(13-11-16)23-14-5-4-7-17-8-6-9-18(15-17)20(21)22-2/h6,8-13,15H,3,5,14H2,1-2H3. The number of ether oxygens (including phenoxy) is 2. The fourth-order valence-corrected chi connectivity index (χ4v) is 2.05. The quantitative estimate of drug-likeness (QED) is 0.478. The van der Waals surface area contributed by atoms with Gasteiger partial charge in [-0.25, -0.2) is 4.79 Å². The van der Waals surface area contributed by atoms with Crippen molar-refractivity contribution in [2.24, 2.45) is 0 Å². The van der Waals surface area contributed by atoms with Gasteiger partial charge in [-0.15, -0.1) is 0 Å². The van der Waals surface area contributed by atoms with Crippen LogP contribution >= 0.6 is 0 Å². The lowest BCUT2D eigenvalue weighted by Crippen LogP contribution is -2.00. The van der Waals surface area contributed by atoms with Crippen molar-refractivity contribution in [3.05, 3.63) is 65.2 Å². The van der Waals surface area contributed by atoms with Gasteiger partial charge >= 0.3 is 5.97 Å². The SMILES string of the molecule is CCc1ccc(OCCC#Cc2cccc(C(=O)OC)c2)cc1. The van der Waals surface area contributed by atoms with Gasteiger partial charge in [-0.05, 0) is 42.3 Å². The van der Waals surface area contributed by atoms with Crippen molar-refractivity contribution in [3.63, 3.8) is 0 Å². The highest BCUT2D eigenvalue weighted by Gasteiger charge is 2.04. The van der Waals surface area contributed by atoms with Gasteiger partial charge in [0.1, 0.15) is 5.75 Å². The van der Waals surface area contributed by atoms with Gasteiger partial charge in [0, 0.05) is 12.0 Å².